The molecule has 2 aromatic rings. The average molecular weight is 244 g/mol. The van der Waals surface area contributed by atoms with Gasteiger partial charge in [-0.3, -0.25) is 9.78 Å². The van der Waals surface area contributed by atoms with Crippen molar-refractivity contribution < 1.29 is 9.18 Å². The minimum absolute atomic E-state index is 0.216. The van der Waals surface area contributed by atoms with Crippen LogP contribution in [0.15, 0.2) is 30.5 Å². The highest BCUT2D eigenvalue weighted by Gasteiger charge is 2.22. The van der Waals surface area contributed by atoms with Gasteiger partial charge in [-0.15, -0.1) is 0 Å². The van der Waals surface area contributed by atoms with Crippen molar-refractivity contribution in [1.82, 2.24) is 10.3 Å². The lowest BCUT2D eigenvalue weighted by Crippen LogP contribution is -2.25. The van der Waals surface area contributed by atoms with Gasteiger partial charge >= 0.3 is 0 Å². The summed E-state index contributed by atoms with van der Waals surface area (Å²) >= 11 is 0. The van der Waals surface area contributed by atoms with Gasteiger partial charge in [0.15, 0.2) is 0 Å². The van der Waals surface area contributed by atoms with E-state index in [2.05, 4.69) is 10.3 Å². The molecule has 1 aliphatic rings. The number of rotatable bonds is 3. The van der Waals surface area contributed by atoms with E-state index in [4.69, 9.17) is 0 Å². The molecule has 1 N–H and O–H groups in total. The summed E-state index contributed by atoms with van der Waals surface area (Å²) in [5, 5.41) is 3.47. The minimum atomic E-state index is -0.454. The second kappa shape index (κ2) is 4.37. The largest absolute Gasteiger partial charge is 0.352 e. The number of hydrogen-bond acceptors (Lipinski definition) is 2. The van der Waals surface area contributed by atoms with Crippen LogP contribution in [-0.2, 0) is 0 Å². The van der Waals surface area contributed by atoms with E-state index in [1.54, 1.807) is 18.2 Å². The third-order valence-electron chi connectivity index (χ3n) is 3.17. The van der Waals surface area contributed by atoms with Crippen LogP contribution >= 0.6 is 0 Å². The van der Waals surface area contributed by atoms with E-state index >= 15 is 0 Å². The Morgan fingerprint density at radius 1 is 1.44 bits per heavy atom. The predicted molar refractivity (Wildman–Crippen MR) is 66.8 cm³/mol. The molecule has 0 aliphatic heterocycles. The molecule has 4 heteroatoms. The molecule has 1 aromatic carbocycles. The zero-order valence-electron chi connectivity index (χ0n) is 9.82. The number of halogens is 1. The zero-order chi connectivity index (χ0) is 12.5. The van der Waals surface area contributed by atoms with Crippen LogP contribution in [0.1, 0.15) is 23.2 Å². The van der Waals surface area contributed by atoms with Crippen LogP contribution in [0.5, 0.6) is 0 Å². The molecule has 0 saturated heterocycles. The number of carbonyl (C=O) groups excluding carboxylic acids is 1. The average Bonchev–Trinajstić information content (AvgIpc) is 3.20. The van der Waals surface area contributed by atoms with Crippen molar-refractivity contribution in [3.63, 3.8) is 0 Å². The Labute approximate surface area is 104 Å². The summed E-state index contributed by atoms with van der Waals surface area (Å²) in [5.74, 6) is -0.0582. The summed E-state index contributed by atoms with van der Waals surface area (Å²) in [6.45, 7) is 0.686. The van der Waals surface area contributed by atoms with Crippen molar-refractivity contribution in [2.45, 2.75) is 12.8 Å². The lowest BCUT2D eigenvalue weighted by Gasteiger charge is -2.06. The minimum Gasteiger partial charge on any atom is -0.352 e. The molecule has 18 heavy (non-hydrogen) atoms. The van der Waals surface area contributed by atoms with E-state index < -0.39 is 5.82 Å². The lowest BCUT2D eigenvalue weighted by atomic mass is 10.1. The number of pyridine rings is 1. The molecule has 3 nitrogen and oxygen atoms in total. The molecular weight excluding hydrogens is 231 g/mol. The van der Waals surface area contributed by atoms with E-state index in [0.717, 1.165) is 0 Å². The summed E-state index contributed by atoms with van der Waals surface area (Å²) in [6.07, 6.45) is 3.89. The van der Waals surface area contributed by atoms with Crippen molar-refractivity contribution >= 4 is 16.8 Å². The molecule has 1 amide bonds. The molecule has 0 bridgehead atoms. The number of benzene rings is 1. The maximum Gasteiger partial charge on any atom is 0.251 e. The summed E-state index contributed by atoms with van der Waals surface area (Å²) in [4.78, 5) is 15.8. The molecule has 0 radical (unpaired) electrons. The van der Waals surface area contributed by atoms with Crippen LogP contribution in [0.25, 0.3) is 10.9 Å². The number of hydrogen-bond donors (Lipinski definition) is 1. The van der Waals surface area contributed by atoms with Crippen molar-refractivity contribution in [3.8, 4) is 0 Å². The monoisotopic (exact) mass is 244 g/mol. The fourth-order valence-electron chi connectivity index (χ4n) is 1.94. The molecule has 1 fully saturated rings. The summed E-state index contributed by atoms with van der Waals surface area (Å²) in [6, 6.07) is 6.40. The van der Waals surface area contributed by atoms with Gasteiger partial charge in [0.25, 0.3) is 5.91 Å². The Morgan fingerprint density at radius 2 is 2.28 bits per heavy atom. The fraction of sp³-hybridized carbons (Fsp3) is 0.286. The van der Waals surface area contributed by atoms with Gasteiger partial charge in [-0.25, -0.2) is 4.39 Å². The molecule has 1 heterocycles. The van der Waals surface area contributed by atoms with Gasteiger partial charge in [-0.1, -0.05) is 6.07 Å². The molecule has 0 atom stereocenters. The first-order chi connectivity index (χ1) is 8.74. The van der Waals surface area contributed by atoms with Crippen LogP contribution in [-0.4, -0.2) is 17.4 Å². The van der Waals surface area contributed by atoms with Gasteiger partial charge in [0, 0.05) is 23.7 Å². The topological polar surface area (TPSA) is 42.0 Å². The van der Waals surface area contributed by atoms with Crippen molar-refractivity contribution in [3.05, 3.63) is 41.8 Å². The third kappa shape index (κ3) is 2.18. The Kier molecular flexibility index (Phi) is 2.70. The second-order valence-electron chi connectivity index (χ2n) is 4.69. The molecule has 1 aliphatic carbocycles. The number of aromatic nitrogens is 1. The van der Waals surface area contributed by atoms with Gasteiger partial charge < -0.3 is 5.32 Å². The van der Waals surface area contributed by atoms with Crippen LogP contribution in [0.3, 0.4) is 0 Å². The Morgan fingerprint density at radius 3 is 3.06 bits per heavy atom. The molecule has 0 unspecified atom stereocenters. The summed E-state index contributed by atoms with van der Waals surface area (Å²) in [7, 11) is 0. The fourth-order valence-corrected chi connectivity index (χ4v) is 1.94. The lowest BCUT2D eigenvalue weighted by molar-refractivity contribution is 0.0951. The van der Waals surface area contributed by atoms with E-state index in [1.165, 1.54) is 25.1 Å². The van der Waals surface area contributed by atoms with Gasteiger partial charge in [-0.05, 0) is 37.0 Å². The molecule has 0 spiro atoms. The first kappa shape index (κ1) is 11.1. The number of fused-ring (bicyclic) bond motifs is 1. The zero-order valence-corrected chi connectivity index (χ0v) is 9.82. The quantitative estimate of drug-likeness (QED) is 0.901. The van der Waals surface area contributed by atoms with Crippen LogP contribution in [0.4, 0.5) is 4.39 Å². The number of nitrogens with zero attached hydrogens (tertiary/aromatic N) is 1. The second-order valence-corrected chi connectivity index (χ2v) is 4.69. The van der Waals surface area contributed by atoms with Crippen LogP contribution in [0, 0.1) is 11.7 Å². The van der Waals surface area contributed by atoms with E-state index in [9.17, 15) is 9.18 Å². The first-order valence-electron chi connectivity index (χ1n) is 6.06. The highest BCUT2D eigenvalue weighted by atomic mass is 19.1. The third-order valence-corrected chi connectivity index (χ3v) is 3.17. The van der Waals surface area contributed by atoms with Crippen molar-refractivity contribution in [2.24, 2.45) is 5.92 Å². The highest BCUT2D eigenvalue weighted by Crippen LogP contribution is 2.27. The smallest absolute Gasteiger partial charge is 0.251 e. The highest BCUT2D eigenvalue weighted by molar-refractivity contribution is 5.98. The van der Waals surface area contributed by atoms with Gasteiger partial charge in [0.2, 0.25) is 0 Å². The van der Waals surface area contributed by atoms with Crippen molar-refractivity contribution in [1.29, 1.82) is 0 Å². The predicted octanol–water partition coefficient (Wildman–Crippen LogP) is 2.51. The maximum atomic E-state index is 13.8. The molecule has 1 saturated carbocycles. The number of nitrogens with one attached hydrogen (secondary N) is 1. The van der Waals surface area contributed by atoms with Gasteiger partial charge in [0.1, 0.15) is 11.3 Å². The van der Waals surface area contributed by atoms with Gasteiger partial charge in [0.05, 0.1) is 0 Å². The van der Waals surface area contributed by atoms with Crippen molar-refractivity contribution in [2.75, 3.05) is 6.54 Å². The maximum absolute atomic E-state index is 13.8. The van der Waals surface area contributed by atoms with Crippen LogP contribution in [0.2, 0.25) is 0 Å². The van der Waals surface area contributed by atoms with E-state index in [1.807, 2.05) is 0 Å². The standard InChI is InChI=1S/C14H13FN2O/c15-12-7-11(14(18)17-8-9-3-4-9)6-10-2-1-5-16-13(10)12/h1-2,5-7,9H,3-4,8H2,(H,17,18). The molecule has 3 rings (SSSR count). The number of amides is 1. The molecule has 1 aromatic heterocycles. The summed E-state index contributed by atoms with van der Waals surface area (Å²) in [5.41, 5.74) is 0.657. The SMILES string of the molecule is O=C(NCC1CC1)c1cc(F)c2ncccc2c1. The molecule has 92 valence electrons. The Hall–Kier alpha value is -1.97. The van der Waals surface area contributed by atoms with Gasteiger partial charge in [-0.2, -0.15) is 0 Å². The Balaban J connectivity index is 1.88. The number of carbonyl (C=O) groups is 1. The normalized spacial score (nSPS) is 14.7. The van der Waals surface area contributed by atoms with E-state index in [-0.39, 0.29) is 5.91 Å². The molecular formula is C14H13FN2O. The van der Waals surface area contributed by atoms with Crippen LogP contribution < -0.4 is 5.32 Å². The van der Waals surface area contributed by atoms with E-state index in [0.29, 0.717) is 28.9 Å². The summed E-state index contributed by atoms with van der Waals surface area (Å²) < 4.78 is 13.8. The Bertz CT molecular complexity index is 608. The first-order valence-corrected chi connectivity index (χ1v) is 6.06.